The number of hydrogen-bond acceptors (Lipinski definition) is 5. The van der Waals surface area contributed by atoms with Gasteiger partial charge in [-0.2, -0.15) is 4.37 Å². The Morgan fingerprint density at radius 2 is 2.17 bits per heavy atom. The number of aryl methyl sites for hydroxylation is 1. The molecule has 1 fully saturated rings. The summed E-state index contributed by atoms with van der Waals surface area (Å²) in [5.74, 6) is -0.844. The van der Waals surface area contributed by atoms with E-state index in [1.54, 1.807) is 6.92 Å². The van der Waals surface area contributed by atoms with E-state index < -0.39 is 16.0 Å². The highest BCUT2D eigenvalue weighted by atomic mass is 32.2. The van der Waals surface area contributed by atoms with E-state index in [1.165, 1.54) is 7.05 Å². The highest BCUT2D eigenvalue weighted by molar-refractivity contribution is 7.93. The SMILES string of the molecule is Cc1nsc(N(C)S(=O)(=O)CC2CC2)c1C(=O)O. The van der Waals surface area contributed by atoms with Gasteiger partial charge in [0.05, 0.1) is 11.4 Å². The van der Waals surface area contributed by atoms with E-state index in [-0.39, 0.29) is 22.2 Å². The molecule has 0 bridgehead atoms. The van der Waals surface area contributed by atoms with Crippen LogP contribution in [0.2, 0.25) is 0 Å². The fraction of sp³-hybridized carbons (Fsp3) is 0.600. The highest BCUT2D eigenvalue weighted by Gasteiger charge is 2.33. The Bertz CT molecular complexity index is 575. The number of carboxylic acid groups (broad SMARTS) is 1. The molecule has 0 radical (unpaired) electrons. The van der Waals surface area contributed by atoms with Crippen LogP contribution in [-0.2, 0) is 10.0 Å². The van der Waals surface area contributed by atoms with Crippen LogP contribution in [0.15, 0.2) is 0 Å². The minimum atomic E-state index is -3.45. The van der Waals surface area contributed by atoms with E-state index in [9.17, 15) is 13.2 Å². The summed E-state index contributed by atoms with van der Waals surface area (Å²) in [6, 6.07) is 0. The summed E-state index contributed by atoms with van der Waals surface area (Å²) in [7, 11) is -2.07. The van der Waals surface area contributed by atoms with Gasteiger partial charge in [-0.3, -0.25) is 4.31 Å². The van der Waals surface area contributed by atoms with E-state index in [0.717, 1.165) is 28.7 Å². The first kappa shape index (κ1) is 13.3. The topological polar surface area (TPSA) is 87.6 Å². The predicted octanol–water partition coefficient (Wildman–Crippen LogP) is 1.33. The van der Waals surface area contributed by atoms with Crippen molar-refractivity contribution in [2.75, 3.05) is 17.1 Å². The third kappa shape index (κ3) is 2.49. The van der Waals surface area contributed by atoms with Gasteiger partial charge in [0.1, 0.15) is 10.6 Å². The Hall–Kier alpha value is -1.15. The fourth-order valence-corrected chi connectivity index (χ4v) is 4.33. The van der Waals surface area contributed by atoms with E-state index in [2.05, 4.69) is 4.37 Å². The van der Waals surface area contributed by atoms with Gasteiger partial charge in [0.15, 0.2) is 0 Å². The summed E-state index contributed by atoms with van der Waals surface area (Å²) < 4.78 is 29.1. The Morgan fingerprint density at radius 3 is 2.67 bits per heavy atom. The maximum Gasteiger partial charge on any atom is 0.340 e. The van der Waals surface area contributed by atoms with Crippen molar-refractivity contribution in [3.8, 4) is 0 Å². The average molecular weight is 290 g/mol. The van der Waals surface area contributed by atoms with Crippen molar-refractivity contribution in [3.63, 3.8) is 0 Å². The monoisotopic (exact) mass is 290 g/mol. The summed E-state index contributed by atoms with van der Waals surface area (Å²) >= 11 is 0.903. The maximum absolute atomic E-state index is 12.1. The van der Waals surface area contributed by atoms with Crippen molar-refractivity contribution in [2.24, 2.45) is 5.92 Å². The molecular weight excluding hydrogens is 276 g/mol. The Balaban J connectivity index is 2.33. The zero-order valence-electron chi connectivity index (χ0n) is 10.1. The Labute approximate surface area is 109 Å². The number of aromatic carboxylic acids is 1. The normalized spacial score (nSPS) is 15.7. The first-order valence-corrected chi connectivity index (χ1v) is 7.87. The summed E-state index contributed by atoms with van der Waals surface area (Å²) in [5, 5.41) is 9.27. The average Bonchev–Trinajstić information content (AvgIpc) is 2.96. The van der Waals surface area contributed by atoms with Crippen LogP contribution >= 0.6 is 11.5 Å². The van der Waals surface area contributed by atoms with Gasteiger partial charge in [-0.15, -0.1) is 0 Å². The number of anilines is 1. The molecule has 100 valence electrons. The first-order chi connectivity index (χ1) is 8.33. The van der Waals surface area contributed by atoms with Crippen LogP contribution in [0.3, 0.4) is 0 Å². The summed E-state index contributed by atoms with van der Waals surface area (Å²) in [6.45, 7) is 1.56. The highest BCUT2D eigenvalue weighted by Crippen LogP contribution is 2.34. The molecule has 0 atom stereocenters. The number of carbonyl (C=O) groups is 1. The van der Waals surface area contributed by atoms with Crippen LogP contribution in [0, 0.1) is 12.8 Å². The maximum atomic E-state index is 12.1. The molecule has 1 heterocycles. The van der Waals surface area contributed by atoms with Crippen molar-refractivity contribution in [1.82, 2.24) is 4.37 Å². The molecule has 0 aliphatic heterocycles. The zero-order valence-corrected chi connectivity index (χ0v) is 11.7. The number of sulfonamides is 1. The largest absolute Gasteiger partial charge is 0.478 e. The second-order valence-corrected chi connectivity index (χ2v) is 7.24. The number of aromatic nitrogens is 1. The van der Waals surface area contributed by atoms with Crippen LogP contribution in [0.1, 0.15) is 28.9 Å². The minimum Gasteiger partial charge on any atom is -0.478 e. The second-order valence-electron chi connectivity index (χ2n) is 4.44. The smallest absolute Gasteiger partial charge is 0.340 e. The molecule has 6 nitrogen and oxygen atoms in total. The third-order valence-electron chi connectivity index (χ3n) is 2.91. The van der Waals surface area contributed by atoms with E-state index in [1.807, 2.05) is 0 Å². The molecule has 8 heteroatoms. The predicted molar refractivity (Wildman–Crippen MR) is 68.7 cm³/mol. The molecular formula is C10H14N2O4S2. The lowest BCUT2D eigenvalue weighted by atomic mass is 10.2. The lowest BCUT2D eigenvalue weighted by molar-refractivity contribution is 0.0697. The van der Waals surface area contributed by atoms with Crippen molar-refractivity contribution in [1.29, 1.82) is 0 Å². The molecule has 18 heavy (non-hydrogen) atoms. The van der Waals surface area contributed by atoms with Crippen LogP contribution in [0.4, 0.5) is 5.00 Å². The van der Waals surface area contributed by atoms with Crippen LogP contribution in [0.5, 0.6) is 0 Å². The van der Waals surface area contributed by atoms with Gasteiger partial charge in [0, 0.05) is 7.05 Å². The molecule has 0 aromatic carbocycles. The molecule has 1 aromatic rings. The van der Waals surface area contributed by atoms with Gasteiger partial charge in [-0.25, -0.2) is 13.2 Å². The second kappa shape index (κ2) is 4.51. The van der Waals surface area contributed by atoms with Crippen LogP contribution < -0.4 is 4.31 Å². The van der Waals surface area contributed by atoms with Gasteiger partial charge >= 0.3 is 5.97 Å². The standard InChI is InChI=1S/C10H14N2O4S2/c1-6-8(10(13)14)9(17-11-6)12(2)18(15,16)5-7-3-4-7/h7H,3-5H2,1-2H3,(H,13,14). The summed E-state index contributed by atoms with van der Waals surface area (Å²) in [5.41, 5.74) is 0.317. The summed E-state index contributed by atoms with van der Waals surface area (Å²) in [6.07, 6.45) is 1.86. The van der Waals surface area contributed by atoms with Crippen molar-refractivity contribution < 1.29 is 18.3 Å². The van der Waals surface area contributed by atoms with Crippen molar-refractivity contribution in [2.45, 2.75) is 19.8 Å². The molecule has 1 aliphatic carbocycles. The lowest BCUT2D eigenvalue weighted by Gasteiger charge is -2.17. The van der Waals surface area contributed by atoms with Crippen molar-refractivity contribution in [3.05, 3.63) is 11.3 Å². The van der Waals surface area contributed by atoms with Crippen LogP contribution in [-0.4, -0.2) is 36.7 Å². The minimum absolute atomic E-state index is 0.0260. The zero-order chi connectivity index (χ0) is 13.5. The van der Waals surface area contributed by atoms with Gasteiger partial charge in [-0.1, -0.05) is 0 Å². The van der Waals surface area contributed by atoms with Crippen LogP contribution in [0.25, 0.3) is 0 Å². The van der Waals surface area contributed by atoms with Gasteiger partial charge in [0.2, 0.25) is 10.0 Å². The molecule has 1 aliphatic rings. The van der Waals surface area contributed by atoms with E-state index in [4.69, 9.17) is 5.11 Å². The van der Waals surface area contributed by atoms with Gasteiger partial charge in [0.25, 0.3) is 0 Å². The summed E-state index contributed by atoms with van der Waals surface area (Å²) in [4.78, 5) is 11.1. The molecule has 1 aromatic heterocycles. The van der Waals surface area contributed by atoms with Gasteiger partial charge in [-0.05, 0) is 37.2 Å². The number of nitrogens with zero attached hydrogens (tertiary/aromatic N) is 2. The molecule has 1 N–H and O–H groups in total. The van der Waals surface area contributed by atoms with E-state index in [0.29, 0.717) is 5.69 Å². The molecule has 2 rings (SSSR count). The molecule has 0 saturated heterocycles. The molecule has 0 spiro atoms. The number of carboxylic acids is 1. The van der Waals surface area contributed by atoms with Crippen molar-refractivity contribution >= 4 is 32.5 Å². The molecule has 0 unspecified atom stereocenters. The van der Waals surface area contributed by atoms with Gasteiger partial charge < -0.3 is 5.11 Å². The number of rotatable bonds is 5. The number of hydrogen-bond donors (Lipinski definition) is 1. The molecule has 0 amide bonds. The Morgan fingerprint density at radius 1 is 1.56 bits per heavy atom. The molecule has 1 saturated carbocycles. The fourth-order valence-electron chi connectivity index (χ4n) is 1.64. The quantitative estimate of drug-likeness (QED) is 0.883. The Kier molecular flexibility index (Phi) is 3.33. The first-order valence-electron chi connectivity index (χ1n) is 5.49. The lowest BCUT2D eigenvalue weighted by Crippen LogP contribution is -2.30. The third-order valence-corrected chi connectivity index (χ3v) is 5.95. The van der Waals surface area contributed by atoms with E-state index >= 15 is 0 Å².